The zero-order chi connectivity index (χ0) is 38.8. The van der Waals surface area contributed by atoms with Gasteiger partial charge in [0.25, 0.3) is 0 Å². The Labute approximate surface area is 323 Å². The fourth-order valence-corrected chi connectivity index (χ4v) is 14.7. The molecule has 0 spiro atoms. The minimum atomic E-state index is -3.85. The predicted molar refractivity (Wildman–Crippen MR) is 211 cm³/mol. The van der Waals surface area contributed by atoms with Crippen molar-refractivity contribution in [2.45, 2.75) is 123 Å². The van der Waals surface area contributed by atoms with Crippen LogP contribution in [-0.4, -0.2) is 43.2 Å². The van der Waals surface area contributed by atoms with Gasteiger partial charge in [0.15, 0.2) is 0 Å². The van der Waals surface area contributed by atoms with Crippen LogP contribution in [0.1, 0.15) is 120 Å². The highest BCUT2D eigenvalue weighted by Gasteiger charge is 2.68. The number of hydrogen-bond donors (Lipinski definition) is 4. The number of carbonyl (C=O) groups excluding carboxylic acids is 1. The van der Waals surface area contributed by atoms with Gasteiger partial charge >= 0.3 is 5.97 Å². The summed E-state index contributed by atoms with van der Waals surface area (Å²) in [6.45, 7) is 16.8. The van der Waals surface area contributed by atoms with E-state index in [0.717, 1.165) is 44.1 Å². The van der Waals surface area contributed by atoms with Gasteiger partial charge in [0.05, 0.1) is 22.0 Å². The molecule has 0 saturated heterocycles. The lowest BCUT2D eigenvalue weighted by molar-refractivity contribution is -0.216. The van der Waals surface area contributed by atoms with Gasteiger partial charge in [-0.05, 0) is 165 Å². The topological polar surface area (TPSA) is 133 Å². The Balaban J connectivity index is 1.04. The fourth-order valence-electron chi connectivity index (χ4n) is 13.6. The quantitative estimate of drug-likeness (QED) is 0.181. The highest BCUT2D eigenvalue weighted by molar-refractivity contribution is 7.89. The maximum Gasteiger partial charge on any atom is 0.335 e. The standard InChI is InChI=1S/C45H62N2O6S/c1-28(2)33-15-22-45(23-16-35-34(39(33)45)13-14-37-43(35,5)20-17-36-42(3,4)38(48)18-21-44(36,37)6)41(51)46-24-19-29-9-8-12-32(26-29)54(52,53)47-27-30-10-7-11-31(25-30)40(49)50/h7-12,25-26,33-39,47-48H,1,13-24,27H2,2-6H3,(H,46,51)(H,49,50). The van der Waals surface area contributed by atoms with E-state index in [-0.39, 0.29) is 51.2 Å². The Kier molecular flexibility index (Phi) is 10.3. The number of aliphatic hydroxyl groups is 1. The molecule has 0 aromatic heterocycles. The maximum atomic E-state index is 14.5. The van der Waals surface area contributed by atoms with E-state index in [4.69, 9.17) is 0 Å². The number of carbonyl (C=O) groups is 2. The molecule has 2 aromatic rings. The van der Waals surface area contributed by atoms with Crippen LogP contribution in [0.25, 0.3) is 0 Å². The van der Waals surface area contributed by atoms with Crippen molar-refractivity contribution in [2.24, 2.45) is 57.2 Å². The third-order valence-corrected chi connectivity index (χ3v) is 17.6. The third-order valence-electron chi connectivity index (χ3n) is 16.2. The molecular weight excluding hydrogens is 697 g/mol. The van der Waals surface area contributed by atoms with Crippen LogP contribution in [-0.2, 0) is 27.8 Å². The van der Waals surface area contributed by atoms with Gasteiger partial charge in [-0.15, -0.1) is 0 Å². The Morgan fingerprint density at radius 1 is 0.852 bits per heavy atom. The van der Waals surface area contributed by atoms with Gasteiger partial charge in [-0.3, -0.25) is 4.79 Å². The molecule has 5 aliphatic rings. The Morgan fingerprint density at radius 2 is 1.56 bits per heavy atom. The zero-order valence-electron chi connectivity index (χ0n) is 33.0. The number of nitrogens with one attached hydrogen (secondary N) is 2. The largest absolute Gasteiger partial charge is 0.478 e. The van der Waals surface area contributed by atoms with E-state index in [9.17, 15) is 28.2 Å². The highest BCUT2D eigenvalue weighted by atomic mass is 32.2. The first-order valence-corrected chi connectivity index (χ1v) is 21.9. The molecule has 10 unspecified atom stereocenters. The molecule has 0 heterocycles. The molecule has 9 heteroatoms. The molecular formula is C45H62N2O6S. The number of rotatable bonds is 10. The minimum Gasteiger partial charge on any atom is -0.478 e. The van der Waals surface area contributed by atoms with Crippen LogP contribution >= 0.6 is 0 Å². The molecule has 0 radical (unpaired) electrons. The number of carboxylic acids is 1. The summed E-state index contributed by atoms with van der Waals surface area (Å²) in [4.78, 5) is 26.0. The molecule has 2 aromatic carbocycles. The molecule has 5 fully saturated rings. The number of allylic oxidation sites excluding steroid dienone is 1. The van der Waals surface area contributed by atoms with E-state index in [1.165, 1.54) is 43.4 Å². The van der Waals surface area contributed by atoms with E-state index >= 15 is 0 Å². The summed E-state index contributed by atoms with van der Waals surface area (Å²) in [6.07, 6.45) is 11.0. The van der Waals surface area contributed by atoms with Gasteiger partial charge < -0.3 is 15.5 Å². The average molecular weight is 759 g/mol. The molecule has 10 atom stereocenters. The number of fused-ring (bicyclic) bond motifs is 7. The summed E-state index contributed by atoms with van der Waals surface area (Å²) in [5.41, 5.74) is 2.70. The van der Waals surface area contributed by atoms with Crippen molar-refractivity contribution in [3.05, 3.63) is 77.4 Å². The SMILES string of the molecule is C=C(C)C1CCC2(C(=O)NCCc3cccc(S(=O)(=O)NCc4cccc(C(=O)O)c4)c3)CCC3C(CCC4C3(C)CCC3C(C)(C)C(O)CCC34C)C12. The van der Waals surface area contributed by atoms with Gasteiger partial charge in [0.1, 0.15) is 0 Å². The molecule has 4 N–H and O–H groups in total. The van der Waals surface area contributed by atoms with E-state index in [2.05, 4.69) is 51.2 Å². The van der Waals surface area contributed by atoms with Crippen LogP contribution in [0.2, 0.25) is 0 Å². The van der Waals surface area contributed by atoms with Crippen molar-refractivity contribution in [1.29, 1.82) is 0 Å². The molecule has 0 aliphatic heterocycles. The lowest BCUT2D eigenvalue weighted by Crippen LogP contribution is -2.64. The van der Waals surface area contributed by atoms with Crippen molar-refractivity contribution in [3.8, 4) is 0 Å². The van der Waals surface area contributed by atoms with E-state index < -0.39 is 21.4 Å². The van der Waals surface area contributed by atoms with Gasteiger partial charge in [-0.2, -0.15) is 0 Å². The van der Waals surface area contributed by atoms with Gasteiger partial charge in [0, 0.05) is 13.1 Å². The van der Waals surface area contributed by atoms with Gasteiger partial charge in [-0.1, -0.05) is 64.1 Å². The lowest BCUT2D eigenvalue weighted by Gasteiger charge is -2.69. The number of hydrogen-bond acceptors (Lipinski definition) is 5. The number of amides is 1. The van der Waals surface area contributed by atoms with E-state index in [0.29, 0.717) is 48.1 Å². The van der Waals surface area contributed by atoms with E-state index in [1.807, 2.05) is 6.07 Å². The summed E-state index contributed by atoms with van der Waals surface area (Å²) in [5.74, 6) is 2.00. The number of benzene rings is 2. The van der Waals surface area contributed by atoms with Crippen molar-refractivity contribution >= 4 is 21.9 Å². The van der Waals surface area contributed by atoms with E-state index in [1.54, 1.807) is 30.3 Å². The first kappa shape index (κ1) is 39.2. The van der Waals surface area contributed by atoms with Gasteiger partial charge in [-0.25, -0.2) is 17.9 Å². The Bertz CT molecular complexity index is 1910. The van der Waals surface area contributed by atoms with Crippen molar-refractivity contribution in [3.63, 3.8) is 0 Å². The number of aliphatic hydroxyl groups excluding tert-OH is 1. The lowest BCUT2D eigenvalue weighted by atomic mass is 9.36. The first-order valence-electron chi connectivity index (χ1n) is 20.5. The van der Waals surface area contributed by atoms with Crippen LogP contribution in [0.3, 0.4) is 0 Å². The van der Waals surface area contributed by atoms with Crippen LogP contribution in [0.15, 0.2) is 65.6 Å². The van der Waals surface area contributed by atoms with Crippen LogP contribution < -0.4 is 10.0 Å². The second kappa shape index (κ2) is 14.2. The number of carboxylic acid groups (broad SMARTS) is 1. The summed E-state index contributed by atoms with van der Waals surface area (Å²) < 4.78 is 29.0. The smallest absolute Gasteiger partial charge is 0.335 e. The summed E-state index contributed by atoms with van der Waals surface area (Å²) in [6, 6.07) is 13.0. The summed E-state index contributed by atoms with van der Waals surface area (Å²) in [7, 11) is -3.85. The van der Waals surface area contributed by atoms with Gasteiger partial charge in [0.2, 0.25) is 15.9 Å². The van der Waals surface area contributed by atoms with Crippen LogP contribution in [0.4, 0.5) is 0 Å². The second-order valence-corrected chi connectivity index (χ2v) is 20.8. The molecule has 54 heavy (non-hydrogen) atoms. The van der Waals surface area contributed by atoms with Crippen molar-refractivity contribution in [1.82, 2.24) is 10.0 Å². The molecule has 8 nitrogen and oxygen atoms in total. The van der Waals surface area contributed by atoms with Crippen LogP contribution in [0.5, 0.6) is 0 Å². The summed E-state index contributed by atoms with van der Waals surface area (Å²) >= 11 is 0. The number of sulfonamides is 1. The normalized spacial score (nSPS) is 36.9. The fraction of sp³-hybridized carbons (Fsp3) is 0.644. The zero-order valence-corrected chi connectivity index (χ0v) is 33.8. The maximum absolute atomic E-state index is 14.5. The second-order valence-electron chi connectivity index (χ2n) is 19.1. The first-order chi connectivity index (χ1) is 25.4. The molecule has 5 aliphatic carbocycles. The molecule has 5 saturated carbocycles. The Morgan fingerprint density at radius 3 is 2.30 bits per heavy atom. The average Bonchev–Trinajstić information content (AvgIpc) is 3.55. The van der Waals surface area contributed by atoms with Crippen molar-refractivity contribution in [2.75, 3.05) is 6.54 Å². The highest BCUT2D eigenvalue weighted by Crippen LogP contribution is 2.73. The third kappa shape index (κ3) is 6.48. The molecule has 7 rings (SSSR count). The van der Waals surface area contributed by atoms with Crippen LogP contribution in [0, 0.1) is 57.2 Å². The predicted octanol–water partition coefficient (Wildman–Crippen LogP) is 8.15. The van der Waals surface area contributed by atoms with Crippen molar-refractivity contribution < 1.29 is 28.2 Å². The molecule has 1 amide bonds. The molecule has 0 bridgehead atoms. The monoisotopic (exact) mass is 758 g/mol. The minimum absolute atomic E-state index is 0.0258. The number of aromatic carboxylic acids is 1. The summed E-state index contributed by atoms with van der Waals surface area (Å²) in [5, 5.41) is 23.7. The molecule has 294 valence electrons. The Hall–Kier alpha value is -3.01.